The van der Waals surface area contributed by atoms with Crippen LogP contribution in [-0.2, 0) is 7.05 Å². The van der Waals surface area contributed by atoms with E-state index in [2.05, 4.69) is 42.1 Å². The lowest BCUT2D eigenvalue weighted by Crippen LogP contribution is -1.92. The minimum atomic E-state index is 0.808. The Morgan fingerprint density at radius 3 is 2.29 bits per heavy atom. The average Bonchev–Trinajstić information content (AvgIpc) is 2.51. The topological polar surface area (TPSA) is 30.7 Å². The minimum absolute atomic E-state index is 0.808. The summed E-state index contributed by atoms with van der Waals surface area (Å²) < 4.78 is 1.72. The van der Waals surface area contributed by atoms with Gasteiger partial charge in [-0.1, -0.05) is 18.2 Å². The number of rotatable bonds is 1. The second kappa shape index (κ2) is 3.25. The molecule has 3 nitrogen and oxygen atoms in total. The molecule has 0 aliphatic heterocycles. The standard InChI is InChI=1S/C11H13N3/c1-8-5-4-6-9(2)10(8)11-12-7-14(3)13-11/h4-7H,1-3H3. The van der Waals surface area contributed by atoms with E-state index >= 15 is 0 Å². The minimum Gasteiger partial charge on any atom is -0.255 e. The summed E-state index contributed by atoms with van der Waals surface area (Å²) >= 11 is 0. The Hall–Kier alpha value is -1.64. The quantitative estimate of drug-likeness (QED) is 0.684. The zero-order valence-electron chi connectivity index (χ0n) is 8.65. The number of benzene rings is 1. The zero-order valence-corrected chi connectivity index (χ0v) is 8.65. The van der Waals surface area contributed by atoms with E-state index in [4.69, 9.17) is 0 Å². The van der Waals surface area contributed by atoms with Crippen molar-refractivity contribution in [3.8, 4) is 11.4 Å². The van der Waals surface area contributed by atoms with Gasteiger partial charge >= 0.3 is 0 Å². The average molecular weight is 187 g/mol. The van der Waals surface area contributed by atoms with Crippen molar-refractivity contribution in [2.45, 2.75) is 13.8 Å². The normalized spacial score (nSPS) is 10.5. The predicted octanol–water partition coefficient (Wildman–Crippen LogP) is 2.10. The summed E-state index contributed by atoms with van der Waals surface area (Å²) in [6, 6.07) is 6.22. The van der Waals surface area contributed by atoms with Gasteiger partial charge in [-0.3, -0.25) is 4.68 Å². The van der Waals surface area contributed by atoms with Gasteiger partial charge in [-0.15, -0.1) is 0 Å². The highest BCUT2D eigenvalue weighted by Gasteiger charge is 2.08. The molecule has 72 valence electrons. The third-order valence-electron chi connectivity index (χ3n) is 2.30. The first-order valence-corrected chi connectivity index (χ1v) is 4.60. The fourth-order valence-corrected chi connectivity index (χ4v) is 1.62. The molecule has 1 aromatic carbocycles. The molecule has 0 unspecified atom stereocenters. The van der Waals surface area contributed by atoms with Crippen molar-refractivity contribution in [1.29, 1.82) is 0 Å². The van der Waals surface area contributed by atoms with Crippen molar-refractivity contribution >= 4 is 0 Å². The van der Waals surface area contributed by atoms with Crippen molar-refractivity contribution in [2.75, 3.05) is 0 Å². The lowest BCUT2D eigenvalue weighted by Gasteiger charge is -2.04. The molecule has 0 aliphatic carbocycles. The van der Waals surface area contributed by atoms with Gasteiger partial charge in [-0.25, -0.2) is 4.98 Å². The van der Waals surface area contributed by atoms with Crippen LogP contribution in [0.4, 0.5) is 0 Å². The summed E-state index contributed by atoms with van der Waals surface area (Å²) in [5.41, 5.74) is 3.58. The van der Waals surface area contributed by atoms with E-state index in [0.29, 0.717) is 0 Å². The molecule has 0 aliphatic rings. The fraction of sp³-hybridized carbons (Fsp3) is 0.273. The maximum absolute atomic E-state index is 4.31. The second-order valence-electron chi connectivity index (χ2n) is 3.51. The van der Waals surface area contributed by atoms with E-state index < -0.39 is 0 Å². The second-order valence-corrected chi connectivity index (χ2v) is 3.51. The Bertz CT molecular complexity index is 437. The Kier molecular flexibility index (Phi) is 2.08. The highest BCUT2D eigenvalue weighted by atomic mass is 15.3. The summed E-state index contributed by atoms with van der Waals surface area (Å²) in [6.45, 7) is 4.16. The molecule has 0 bridgehead atoms. The van der Waals surface area contributed by atoms with Crippen LogP contribution in [0.1, 0.15) is 11.1 Å². The Morgan fingerprint density at radius 1 is 1.14 bits per heavy atom. The van der Waals surface area contributed by atoms with Gasteiger partial charge in [0, 0.05) is 12.6 Å². The third-order valence-corrected chi connectivity index (χ3v) is 2.30. The van der Waals surface area contributed by atoms with Crippen LogP contribution in [0, 0.1) is 13.8 Å². The van der Waals surface area contributed by atoms with Crippen LogP contribution in [0.15, 0.2) is 24.5 Å². The maximum atomic E-state index is 4.31. The van der Waals surface area contributed by atoms with Gasteiger partial charge in [0.05, 0.1) is 0 Å². The predicted molar refractivity (Wildman–Crippen MR) is 55.9 cm³/mol. The lowest BCUT2D eigenvalue weighted by molar-refractivity contribution is 0.768. The summed E-state index contributed by atoms with van der Waals surface area (Å²) in [7, 11) is 1.88. The van der Waals surface area contributed by atoms with E-state index in [9.17, 15) is 0 Å². The van der Waals surface area contributed by atoms with Gasteiger partial charge in [0.2, 0.25) is 0 Å². The van der Waals surface area contributed by atoms with Crippen LogP contribution in [0.2, 0.25) is 0 Å². The van der Waals surface area contributed by atoms with Gasteiger partial charge in [0.25, 0.3) is 0 Å². The van der Waals surface area contributed by atoms with Gasteiger partial charge in [0.15, 0.2) is 5.82 Å². The highest BCUT2D eigenvalue weighted by molar-refractivity contribution is 5.63. The molecule has 0 atom stereocenters. The molecule has 1 heterocycles. The number of aromatic nitrogens is 3. The van der Waals surface area contributed by atoms with E-state index in [1.807, 2.05) is 7.05 Å². The van der Waals surface area contributed by atoms with E-state index in [1.165, 1.54) is 11.1 Å². The van der Waals surface area contributed by atoms with Crippen LogP contribution in [0.5, 0.6) is 0 Å². The molecule has 2 rings (SSSR count). The highest BCUT2D eigenvalue weighted by Crippen LogP contribution is 2.22. The van der Waals surface area contributed by atoms with Gasteiger partial charge in [-0.2, -0.15) is 5.10 Å². The Labute approximate surface area is 83.4 Å². The molecule has 3 heteroatoms. The molecular weight excluding hydrogens is 174 g/mol. The summed E-state index contributed by atoms with van der Waals surface area (Å²) in [5.74, 6) is 0.808. The van der Waals surface area contributed by atoms with E-state index in [1.54, 1.807) is 11.0 Å². The Balaban J connectivity index is 2.61. The molecule has 0 saturated carbocycles. The SMILES string of the molecule is Cc1cccc(C)c1-c1ncn(C)n1. The molecule has 2 aromatic rings. The van der Waals surface area contributed by atoms with E-state index in [-0.39, 0.29) is 0 Å². The van der Waals surface area contributed by atoms with Crippen molar-refractivity contribution in [1.82, 2.24) is 14.8 Å². The number of hydrogen-bond acceptors (Lipinski definition) is 2. The Morgan fingerprint density at radius 2 is 1.79 bits per heavy atom. The molecule has 0 N–H and O–H groups in total. The van der Waals surface area contributed by atoms with Crippen molar-refractivity contribution in [3.05, 3.63) is 35.7 Å². The molecule has 0 radical (unpaired) electrons. The largest absolute Gasteiger partial charge is 0.255 e. The van der Waals surface area contributed by atoms with Crippen LogP contribution in [0.3, 0.4) is 0 Å². The van der Waals surface area contributed by atoms with E-state index in [0.717, 1.165) is 11.4 Å². The lowest BCUT2D eigenvalue weighted by atomic mass is 10.0. The number of nitrogens with zero attached hydrogens (tertiary/aromatic N) is 3. The first kappa shape index (κ1) is 8.94. The third kappa shape index (κ3) is 1.41. The van der Waals surface area contributed by atoms with Crippen LogP contribution in [0.25, 0.3) is 11.4 Å². The van der Waals surface area contributed by atoms with Crippen LogP contribution < -0.4 is 0 Å². The molecule has 0 amide bonds. The van der Waals surface area contributed by atoms with Gasteiger partial charge in [0.1, 0.15) is 6.33 Å². The summed E-state index contributed by atoms with van der Waals surface area (Å²) in [5, 5.41) is 4.31. The zero-order chi connectivity index (χ0) is 10.1. The molecule has 0 saturated heterocycles. The molecule has 0 fully saturated rings. The van der Waals surface area contributed by atoms with Crippen molar-refractivity contribution in [2.24, 2.45) is 7.05 Å². The van der Waals surface area contributed by atoms with Gasteiger partial charge in [-0.05, 0) is 25.0 Å². The van der Waals surface area contributed by atoms with Crippen LogP contribution >= 0.6 is 0 Å². The smallest absolute Gasteiger partial charge is 0.181 e. The number of aryl methyl sites for hydroxylation is 3. The van der Waals surface area contributed by atoms with Crippen molar-refractivity contribution in [3.63, 3.8) is 0 Å². The number of hydrogen-bond donors (Lipinski definition) is 0. The maximum Gasteiger partial charge on any atom is 0.181 e. The first-order valence-electron chi connectivity index (χ1n) is 4.60. The van der Waals surface area contributed by atoms with Gasteiger partial charge < -0.3 is 0 Å². The molecule has 14 heavy (non-hydrogen) atoms. The summed E-state index contributed by atoms with van der Waals surface area (Å²) in [6.07, 6.45) is 1.72. The fourth-order valence-electron chi connectivity index (χ4n) is 1.62. The molecular formula is C11H13N3. The first-order chi connectivity index (χ1) is 6.68. The summed E-state index contributed by atoms with van der Waals surface area (Å²) in [4.78, 5) is 4.26. The molecule has 1 aromatic heterocycles. The van der Waals surface area contributed by atoms with Crippen LogP contribution in [-0.4, -0.2) is 14.8 Å². The molecule has 0 spiro atoms. The van der Waals surface area contributed by atoms with Crippen molar-refractivity contribution < 1.29 is 0 Å². The monoisotopic (exact) mass is 187 g/mol.